The summed E-state index contributed by atoms with van der Waals surface area (Å²) >= 11 is 0. The maximum absolute atomic E-state index is 13.1. The summed E-state index contributed by atoms with van der Waals surface area (Å²) in [7, 11) is -4.01. The van der Waals surface area contributed by atoms with Crippen LogP contribution in [-0.4, -0.2) is 63.0 Å². The van der Waals surface area contributed by atoms with Crippen LogP contribution in [0.4, 0.5) is 14.9 Å². The fraction of sp³-hybridized carbons (Fsp3) is 0.364. The first-order valence-electron chi connectivity index (χ1n) is 10.3. The van der Waals surface area contributed by atoms with E-state index in [1.807, 2.05) is 13.8 Å². The summed E-state index contributed by atoms with van der Waals surface area (Å²) in [6.07, 6.45) is -0.404. The molecule has 0 saturated carbocycles. The number of benzene rings is 2. The molecule has 0 unspecified atom stereocenters. The zero-order valence-electron chi connectivity index (χ0n) is 18.0. The molecule has 0 aliphatic carbocycles. The number of nitrogens with zero attached hydrogens (tertiary/aromatic N) is 2. The summed E-state index contributed by atoms with van der Waals surface area (Å²) in [6, 6.07) is 10.7. The fourth-order valence-electron chi connectivity index (χ4n) is 3.17. The third-order valence-corrected chi connectivity index (χ3v) is 6.27. The summed E-state index contributed by atoms with van der Waals surface area (Å²) in [5, 5.41) is 0. The monoisotopic (exact) mass is 463 g/mol. The summed E-state index contributed by atoms with van der Waals surface area (Å²) in [4.78, 5) is 28.2. The van der Waals surface area contributed by atoms with E-state index in [4.69, 9.17) is 4.74 Å². The molecule has 1 aliphatic rings. The maximum atomic E-state index is 13.1. The predicted molar refractivity (Wildman–Crippen MR) is 117 cm³/mol. The van der Waals surface area contributed by atoms with Gasteiger partial charge in [0, 0.05) is 26.2 Å². The lowest BCUT2D eigenvalue weighted by Gasteiger charge is -2.34. The molecule has 0 bridgehead atoms. The van der Waals surface area contributed by atoms with Crippen molar-refractivity contribution >= 4 is 27.7 Å². The fourth-order valence-corrected chi connectivity index (χ4v) is 4.25. The van der Waals surface area contributed by atoms with Gasteiger partial charge in [-0.1, -0.05) is 26.0 Å². The number of carbonyl (C=O) groups is 2. The van der Waals surface area contributed by atoms with Crippen LogP contribution in [0.5, 0.6) is 0 Å². The third-order valence-electron chi connectivity index (χ3n) is 4.89. The van der Waals surface area contributed by atoms with Crippen LogP contribution >= 0.6 is 0 Å². The SMILES string of the molecule is CC(C)COC(=O)N1CCN(C(=O)c2ccccc2NS(=O)(=O)c2ccc(F)cc2)CC1. The highest BCUT2D eigenvalue weighted by Gasteiger charge is 2.27. The van der Waals surface area contributed by atoms with Crippen molar-refractivity contribution < 1.29 is 27.1 Å². The topological polar surface area (TPSA) is 96.0 Å². The highest BCUT2D eigenvalue weighted by Crippen LogP contribution is 2.22. The molecule has 1 heterocycles. The van der Waals surface area contributed by atoms with E-state index in [0.29, 0.717) is 32.8 Å². The zero-order chi connectivity index (χ0) is 23.3. The summed E-state index contributed by atoms with van der Waals surface area (Å²) in [5.74, 6) is -0.665. The average molecular weight is 464 g/mol. The molecule has 2 aromatic rings. The molecule has 2 amide bonds. The Morgan fingerprint density at radius 2 is 1.59 bits per heavy atom. The van der Waals surface area contributed by atoms with Gasteiger partial charge in [-0.3, -0.25) is 9.52 Å². The van der Waals surface area contributed by atoms with Crippen molar-refractivity contribution in [3.05, 3.63) is 59.9 Å². The molecule has 1 N–H and O–H groups in total. The van der Waals surface area contributed by atoms with Gasteiger partial charge in [0.2, 0.25) is 0 Å². The second-order valence-corrected chi connectivity index (χ2v) is 9.54. The van der Waals surface area contributed by atoms with Crippen LogP contribution in [0.25, 0.3) is 0 Å². The van der Waals surface area contributed by atoms with Gasteiger partial charge < -0.3 is 14.5 Å². The standard InChI is InChI=1S/C22H26FN3O5S/c1-16(2)15-31-22(28)26-13-11-25(12-14-26)21(27)19-5-3-4-6-20(19)24-32(29,30)18-9-7-17(23)8-10-18/h3-10,16,24H,11-15H2,1-2H3. The lowest BCUT2D eigenvalue weighted by atomic mass is 10.1. The minimum Gasteiger partial charge on any atom is -0.449 e. The van der Waals surface area contributed by atoms with Gasteiger partial charge in [-0.2, -0.15) is 0 Å². The van der Waals surface area contributed by atoms with Gasteiger partial charge >= 0.3 is 6.09 Å². The zero-order valence-corrected chi connectivity index (χ0v) is 18.8. The molecule has 10 heteroatoms. The Bertz CT molecular complexity index is 1070. The van der Waals surface area contributed by atoms with Crippen molar-refractivity contribution in [1.29, 1.82) is 0 Å². The van der Waals surface area contributed by atoms with E-state index in [1.54, 1.807) is 21.9 Å². The third kappa shape index (κ3) is 5.76. The first-order valence-corrected chi connectivity index (χ1v) is 11.7. The molecular formula is C22H26FN3O5S. The van der Waals surface area contributed by atoms with Crippen molar-refractivity contribution in [1.82, 2.24) is 9.80 Å². The molecule has 1 aliphatic heterocycles. The highest BCUT2D eigenvalue weighted by molar-refractivity contribution is 7.92. The Morgan fingerprint density at radius 3 is 2.22 bits per heavy atom. The number of anilines is 1. The molecule has 1 fully saturated rings. The van der Waals surface area contributed by atoms with Gasteiger partial charge in [0.1, 0.15) is 5.82 Å². The van der Waals surface area contributed by atoms with Gasteiger partial charge in [-0.05, 0) is 42.3 Å². The Balaban J connectivity index is 1.69. The van der Waals surface area contributed by atoms with E-state index in [-0.39, 0.29) is 28.0 Å². The molecule has 0 spiro atoms. The van der Waals surface area contributed by atoms with Gasteiger partial charge in [-0.25, -0.2) is 17.6 Å². The van der Waals surface area contributed by atoms with E-state index >= 15 is 0 Å². The van der Waals surface area contributed by atoms with Crippen LogP contribution in [0, 0.1) is 11.7 Å². The van der Waals surface area contributed by atoms with Crippen LogP contribution in [0.1, 0.15) is 24.2 Å². The Kier molecular flexibility index (Phi) is 7.34. The number of hydrogen-bond donors (Lipinski definition) is 1. The molecule has 2 aromatic carbocycles. The summed E-state index contributed by atoms with van der Waals surface area (Å²) in [6.45, 7) is 5.48. The molecule has 3 rings (SSSR count). The number of piperazine rings is 1. The number of ether oxygens (including phenoxy) is 1. The van der Waals surface area contributed by atoms with E-state index < -0.39 is 21.9 Å². The van der Waals surface area contributed by atoms with Crippen LogP contribution in [0.3, 0.4) is 0 Å². The smallest absolute Gasteiger partial charge is 0.409 e. The number of hydrogen-bond acceptors (Lipinski definition) is 5. The summed E-state index contributed by atoms with van der Waals surface area (Å²) < 4.78 is 46.1. The Hall–Kier alpha value is -3.14. The predicted octanol–water partition coefficient (Wildman–Crippen LogP) is 3.18. The van der Waals surface area contributed by atoms with Crippen LogP contribution in [-0.2, 0) is 14.8 Å². The van der Waals surface area contributed by atoms with Crippen molar-refractivity contribution in [3.63, 3.8) is 0 Å². The molecule has 172 valence electrons. The minimum atomic E-state index is -4.01. The second kappa shape index (κ2) is 9.99. The van der Waals surface area contributed by atoms with E-state index in [0.717, 1.165) is 24.3 Å². The summed E-state index contributed by atoms with van der Waals surface area (Å²) in [5.41, 5.74) is 0.314. The van der Waals surface area contributed by atoms with Crippen LogP contribution in [0.2, 0.25) is 0 Å². The van der Waals surface area contributed by atoms with Gasteiger partial charge in [0.15, 0.2) is 0 Å². The number of carbonyl (C=O) groups excluding carboxylic acids is 2. The van der Waals surface area contributed by atoms with Crippen LogP contribution in [0.15, 0.2) is 53.4 Å². The van der Waals surface area contributed by atoms with Crippen molar-refractivity contribution in [3.8, 4) is 0 Å². The number of nitrogens with one attached hydrogen (secondary N) is 1. The number of para-hydroxylation sites is 1. The number of amides is 2. The first-order chi connectivity index (χ1) is 15.2. The molecule has 0 radical (unpaired) electrons. The van der Waals surface area contributed by atoms with Gasteiger partial charge in [-0.15, -0.1) is 0 Å². The van der Waals surface area contributed by atoms with E-state index in [2.05, 4.69) is 4.72 Å². The van der Waals surface area contributed by atoms with Gasteiger partial charge in [0.05, 0.1) is 22.8 Å². The lowest BCUT2D eigenvalue weighted by molar-refractivity contribution is 0.0536. The molecule has 32 heavy (non-hydrogen) atoms. The molecule has 0 atom stereocenters. The van der Waals surface area contributed by atoms with Crippen LogP contribution < -0.4 is 4.72 Å². The minimum absolute atomic E-state index is 0.116. The number of sulfonamides is 1. The van der Waals surface area contributed by atoms with Gasteiger partial charge in [0.25, 0.3) is 15.9 Å². The second-order valence-electron chi connectivity index (χ2n) is 7.86. The van der Waals surface area contributed by atoms with Crippen molar-refractivity contribution in [2.45, 2.75) is 18.7 Å². The normalized spacial score (nSPS) is 14.4. The highest BCUT2D eigenvalue weighted by atomic mass is 32.2. The van der Waals surface area contributed by atoms with E-state index in [1.165, 1.54) is 12.1 Å². The van der Waals surface area contributed by atoms with Crippen molar-refractivity contribution in [2.24, 2.45) is 5.92 Å². The molecule has 1 saturated heterocycles. The number of halogens is 1. The largest absolute Gasteiger partial charge is 0.449 e. The molecule has 8 nitrogen and oxygen atoms in total. The van der Waals surface area contributed by atoms with E-state index in [9.17, 15) is 22.4 Å². The molecule has 0 aromatic heterocycles. The Morgan fingerprint density at radius 1 is 1.00 bits per heavy atom. The number of rotatable bonds is 6. The average Bonchev–Trinajstić information content (AvgIpc) is 2.77. The quantitative estimate of drug-likeness (QED) is 0.710. The lowest BCUT2D eigenvalue weighted by Crippen LogP contribution is -2.51. The Labute approximate surface area is 187 Å². The molecular weight excluding hydrogens is 437 g/mol. The maximum Gasteiger partial charge on any atom is 0.409 e. The van der Waals surface area contributed by atoms with Crippen molar-refractivity contribution in [2.75, 3.05) is 37.5 Å². The first kappa shape index (κ1) is 23.5.